The van der Waals surface area contributed by atoms with Gasteiger partial charge in [-0.2, -0.15) is 14.6 Å². The van der Waals surface area contributed by atoms with Crippen molar-refractivity contribution in [3.8, 4) is 11.6 Å². The summed E-state index contributed by atoms with van der Waals surface area (Å²) in [7, 11) is 0. The Morgan fingerprint density at radius 3 is 2.73 bits per heavy atom. The Morgan fingerprint density at radius 1 is 1.17 bits per heavy atom. The molecule has 1 fully saturated rings. The summed E-state index contributed by atoms with van der Waals surface area (Å²) >= 11 is -1.00. The number of carbonyl (C=O) groups excluding carboxylic acids is 1. The van der Waals surface area contributed by atoms with E-state index in [1.54, 1.807) is 47.7 Å². The van der Waals surface area contributed by atoms with E-state index in [4.69, 9.17) is 10.2 Å². The van der Waals surface area contributed by atoms with Gasteiger partial charge < -0.3 is 24.9 Å². The number of hydrogen-bond donors (Lipinski definition) is 2. The van der Waals surface area contributed by atoms with Gasteiger partial charge in [0.25, 0.3) is 5.91 Å². The summed E-state index contributed by atoms with van der Waals surface area (Å²) in [6.07, 6.45) is 4.85. The second-order valence-corrected chi connectivity index (χ2v) is 11.3. The number of rotatable bonds is 9. The molecule has 1 saturated heterocycles. The van der Waals surface area contributed by atoms with Crippen LogP contribution >= 0.6 is 0 Å². The van der Waals surface area contributed by atoms with Gasteiger partial charge in [0.1, 0.15) is 11.6 Å². The molecule has 0 radical (unpaired) electrons. The maximum atomic E-state index is 14.9. The third-order valence-electron chi connectivity index (χ3n) is 7.06. The number of anilines is 2. The minimum Gasteiger partial charge on any atom is -0.617 e. The van der Waals surface area contributed by atoms with Crippen LogP contribution in [0, 0.1) is 5.82 Å². The Hall–Kier alpha value is -4.21. The average molecular weight is 581 g/mol. The van der Waals surface area contributed by atoms with Crippen LogP contribution in [-0.2, 0) is 17.7 Å². The van der Waals surface area contributed by atoms with Gasteiger partial charge in [-0.25, -0.2) is 14.1 Å². The van der Waals surface area contributed by atoms with Crippen molar-refractivity contribution in [1.29, 1.82) is 0 Å². The molecule has 0 unspecified atom stereocenters. The second kappa shape index (κ2) is 11.3. The van der Waals surface area contributed by atoms with Gasteiger partial charge in [0.05, 0.1) is 42.9 Å². The quantitative estimate of drug-likeness (QED) is 0.244. The lowest BCUT2D eigenvalue weighted by Gasteiger charge is -2.36. The van der Waals surface area contributed by atoms with E-state index in [0.29, 0.717) is 54.0 Å². The molecule has 5 aromatic rings. The number of hydrogen-bond acceptors (Lipinski definition) is 10. The molecule has 1 amide bonds. The molecule has 0 saturated carbocycles. The van der Waals surface area contributed by atoms with E-state index in [1.807, 2.05) is 4.90 Å². The zero-order valence-electron chi connectivity index (χ0n) is 22.4. The molecule has 1 aromatic carbocycles. The van der Waals surface area contributed by atoms with Crippen LogP contribution in [0.2, 0.25) is 0 Å². The maximum Gasteiger partial charge on any atom is 0.251 e. The molecule has 15 heteroatoms. The van der Waals surface area contributed by atoms with Gasteiger partial charge in [0.15, 0.2) is 17.1 Å². The molecule has 1 aliphatic heterocycles. The molecule has 4 aromatic heterocycles. The van der Waals surface area contributed by atoms with E-state index in [1.165, 1.54) is 10.6 Å². The first-order chi connectivity index (χ1) is 19.9. The lowest BCUT2D eigenvalue weighted by molar-refractivity contribution is 0.0955. The number of aromatic nitrogens is 6. The van der Waals surface area contributed by atoms with Gasteiger partial charge >= 0.3 is 0 Å². The second-order valence-electron chi connectivity index (χ2n) is 9.75. The van der Waals surface area contributed by atoms with Gasteiger partial charge in [-0.15, -0.1) is 5.10 Å². The maximum absolute atomic E-state index is 14.9. The van der Waals surface area contributed by atoms with E-state index in [-0.39, 0.29) is 24.0 Å². The molecular weight excluding hydrogens is 551 g/mol. The highest BCUT2D eigenvalue weighted by atomic mass is 32.2. The van der Waals surface area contributed by atoms with E-state index < -0.39 is 17.0 Å². The molecule has 6 rings (SSSR count). The Morgan fingerprint density at radius 2 is 2.00 bits per heavy atom. The number of benzene rings is 1. The van der Waals surface area contributed by atoms with E-state index in [0.717, 1.165) is 25.0 Å². The zero-order chi connectivity index (χ0) is 28.5. The van der Waals surface area contributed by atoms with Crippen LogP contribution in [0.25, 0.3) is 28.3 Å². The fraction of sp³-hybridized carbons (Fsp3) is 0.346. The first kappa shape index (κ1) is 27.0. The fourth-order valence-corrected chi connectivity index (χ4v) is 5.28. The molecule has 0 spiro atoms. The highest BCUT2D eigenvalue weighted by Crippen LogP contribution is 2.24. The molecule has 1 atom stereocenters. The van der Waals surface area contributed by atoms with Crippen molar-refractivity contribution < 1.29 is 18.2 Å². The summed E-state index contributed by atoms with van der Waals surface area (Å²) in [4.78, 5) is 25.7. The molecule has 1 aliphatic rings. The van der Waals surface area contributed by atoms with Gasteiger partial charge in [-0.05, 0) is 30.3 Å². The number of nitrogens with zero attached hydrogens (tertiary/aromatic N) is 8. The first-order valence-electron chi connectivity index (χ1n) is 13.1. The number of piperazine rings is 1. The fourth-order valence-electron chi connectivity index (χ4n) is 4.89. The predicted octanol–water partition coefficient (Wildman–Crippen LogP) is 1.39. The largest absolute Gasteiger partial charge is 0.617 e. The SMILES string of the molecule is C[S@+]([O-])CCNC(=O)c1ccc(N2CCN(CCn3ncc4c3nc(N)n3nc(-c5ccco5)nc43)CC2)c(F)c1. The third kappa shape index (κ3) is 5.55. The van der Waals surface area contributed by atoms with Crippen molar-refractivity contribution in [2.75, 3.05) is 61.9 Å². The predicted molar refractivity (Wildman–Crippen MR) is 153 cm³/mol. The normalized spacial score (nSPS) is 15.1. The molecule has 214 valence electrons. The number of nitrogens with one attached hydrogen (secondary N) is 1. The van der Waals surface area contributed by atoms with Crippen molar-refractivity contribution in [1.82, 2.24) is 39.6 Å². The van der Waals surface area contributed by atoms with E-state index in [9.17, 15) is 13.7 Å². The van der Waals surface area contributed by atoms with Crippen LogP contribution in [-0.4, -0.2) is 96.0 Å². The van der Waals surface area contributed by atoms with E-state index in [2.05, 4.69) is 30.4 Å². The number of halogens is 1. The van der Waals surface area contributed by atoms with Crippen molar-refractivity contribution in [3.05, 3.63) is 54.2 Å². The summed E-state index contributed by atoms with van der Waals surface area (Å²) in [5.41, 5.74) is 8.09. The van der Waals surface area contributed by atoms with Gasteiger partial charge in [-0.1, -0.05) is 11.2 Å². The minimum absolute atomic E-state index is 0.205. The Balaban J connectivity index is 1.07. The highest BCUT2D eigenvalue weighted by Gasteiger charge is 2.22. The molecule has 0 aliphatic carbocycles. The summed E-state index contributed by atoms with van der Waals surface area (Å²) < 4.78 is 34.8. The molecule has 41 heavy (non-hydrogen) atoms. The monoisotopic (exact) mass is 580 g/mol. The number of amides is 1. The lowest BCUT2D eigenvalue weighted by Crippen LogP contribution is -2.47. The van der Waals surface area contributed by atoms with Gasteiger partial charge in [0, 0.05) is 38.3 Å². The van der Waals surface area contributed by atoms with Crippen molar-refractivity contribution in [2.45, 2.75) is 6.54 Å². The number of nitrogen functional groups attached to an aromatic ring is 1. The van der Waals surface area contributed by atoms with Crippen LogP contribution in [0.4, 0.5) is 16.0 Å². The molecule has 13 nitrogen and oxygen atoms in total. The number of carbonyl (C=O) groups is 1. The first-order valence-corrected chi connectivity index (χ1v) is 14.9. The molecule has 0 bridgehead atoms. The third-order valence-corrected chi connectivity index (χ3v) is 7.84. The lowest BCUT2D eigenvalue weighted by atomic mass is 10.1. The summed E-state index contributed by atoms with van der Waals surface area (Å²) in [6, 6.07) is 8.07. The Kier molecular flexibility index (Phi) is 7.47. The number of fused-ring (bicyclic) bond motifs is 3. The van der Waals surface area contributed by atoms with Crippen LogP contribution in [0.1, 0.15) is 10.4 Å². The smallest absolute Gasteiger partial charge is 0.251 e. The zero-order valence-corrected chi connectivity index (χ0v) is 23.2. The molecular formula is C26H29FN10O3S. The van der Waals surface area contributed by atoms with Gasteiger partial charge in [0.2, 0.25) is 11.8 Å². The van der Waals surface area contributed by atoms with Crippen molar-refractivity contribution in [2.24, 2.45) is 0 Å². The number of furan rings is 1. The topological polar surface area (TPSA) is 159 Å². The summed E-state index contributed by atoms with van der Waals surface area (Å²) in [6.45, 7) is 4.37. The summed E-state index contributed by atoms with van der Waals surface area (Å²) in [5, 5.41) is 12.4. The standard InChI is InChI=1S/C26H29FN10O3S/c1-41(39)14-6-29-25(38)17-4-5-20(19(27)15-17)35-10-7-34(8-11-35)9-12-36-23-18(16-30-36)24-31-22(21-3-2-13-40-21)33-37(24)26(28)32-23/h2-5,13,15-16H,6-12,14H2,1H3,(H2,28,32)(H,29,38)/t41-/m0/s1. The number of nitrogens with two attached hydrogens (primary N) is 1. The van der Waals surface area contributed by atoms with Crippen LogP contribution in [0.15, 0.2) is 47.2 Å². The molecule has 3 N–H and O–H groups in total. The Labute approximate surface area is 237 Å². The van der Waals surface area contributed by atoms with Crippen LogP contribution in [0.5, 0.6) is 0 Å². The molecule has 5 heterocycles. The van der Waals surface area contributed by atoms with Crippen molar-refractivity contribution >= 4 is 45.4 Å². The van der Waals surface area contributed by atoms with Crippen molar-refractivity contribution in [3.63, 3.8) is 0 Å². The van der Waals surface area contributed by atoms with Gasteiger partial charge in [-0.3, -0.25) is 9.69 Å². The average Bonchev–Trinajstić information content (AvgIpc) is 3.72. The van der Waals surface area contributed by atoms with Crippen LogP contribution in [0.3, 0.4) is 0 Å². The van der Waals surface area contributed by atoms with E-state index >= 15 is 0 Å². The van der Waals surface area contributed by atoms with Crippen LogP contribution < -0.4 is 16.0 Å². The highest BCUT2D eigenvalue weighted by molar-refractivity contribution is 7.90. The minimum atomic E-state index is -1.00. The Bertz CT molecular complexity index is 1680. The summed E-state index contributed by atoms with van der Waals surface area (Å²) in [5.74, 6) is 0.702.